The van der Waals surface area contributed by atoms with Crippen LogP contribution in [0.25, 0.3) is 0 Å². The molecule has 0 radical (unpaired) electrons. The highest BCUT2D eigenvalue weighted by Gasteiger charge is 2.30. The number of carboxylic acids is 1. The fraction of sp³-hybridized carbons (Fsp3) is 0.692. The van der Waals surface area contributed by atoms with Crippen LogP contribution in [-0.4, -0.2) is 44.9 Å². The highest BCUT2D eigenvalue weighted by atomic mass is 16.4. The number of amides is 2. The second-order valence-corrected chi connectivity index (χ2v) is 5.27. The number of rotatable bonds is 5. The molecule has 1 aromatic rings. The summed E-state index contributed by atoms with van der Waals surface area (Å²) in [6, 6.07) is -0.622. The van der Waals surface area contributed by atoms with Gasteiger partial charge in [-0.15, -0.1) is 0 Å². The second-order valence-electron chi connectivity index (χ2n) is 5.27. The van der Waals surface area contributed by atoms with Gasteiger partial charge in [0.2, 0.25) is 0 Å². The standard InChI is InChI=1S/C13H21N5O3/c19-12(20)9-4-2-1-3-5-10(9)17-13(21)14-7-6-11-15-8-16-18-11/h8-10H,1-7H2,(H,19,20)(H2,14,17,21)(H,15,16,18). The first-order valence-corrected chi connectivity index (χ1v) is 7.28. The van der Waals surface area contributed by atoms with Crippen molar-refractivity contribution in [3.63, 3.8) is 0 Å². The van der Waals surface area contributed by atoms with Crippen molar-refractivity contribution in [2.24, 2.45) is 5.92 Å². The average Bonchev–Trinajstić information content (AvgIpc) is 2.84. The van der Waals surface area contributed by atoms with E-state index >= 15 is 0 Å². The summed E-state index contributed by atoms with van der Waals surface area (Å²) in [4.78, 5) is 27.1. The van der Waals surface area contributed by atoms with E-state index in [1.807, 2.05) is 0 Å². The van der Waals surface area contributed by atoms with Gasteiger partial charge >= 0.3 is 12.0 Å². The molecule has 0 bridgehead atoms. The van der Waals surface area contributed by atoms with E-state index in [0.717, 1.165) is 19.3 Å². The lowest BCUT2D eigenvalue weighted by molar-refractivity contribution is -0.142. The summed E-state index contributed by atoms with van der Waals surface area (Å²) in [5.74, 6) is -0.621. The smallest absolute Gasteiger partial charge is 0.315 e. The third kappa shape index (κ3) is 4.73. The zero-order chi connectivity index (χ0) is 15.1. The average molecular weight is 295 g/mol. The Morgan fingerprint density at radius 3 is 2.86 bits per heavy atom. The van der Waals surface area contributed by atoms with Gasteiger partial charge in [0.15, 0.2) is 0 Å². The van der Waals surface area contributed by atoms with Gasteiger partial charge in [0.1, 0.15) is 12.2 Å². The van der Waals surface area contributed by atoms with Gasteiger partial charge in [0.25, 0.3) is 0 Å². The summed E-state index contributed by atoms with van der Waals surface area (Å²) in [7, 11) is 0. The predicted molar refractivity (Wildman–Crippen MR) is 74.6 cm³/mol. The number of hydrogen-bond acceptors (Lipinski definition) is 4. The van der Waals surface area contributed by atoms with Crippen LogP contribution in [0.5, 0.6) is 0 Å². The second kappa shape index (κ2) is 7.61. The molecule has 0 spiro atoms. The quantitative estimate of drug-likeness (QED) is 0.595. The van der Waals surface area contributed by atoms with Crippen LogP contribution in [0.3, 0.4) is 0 Å². The Kier molecular flexibility index (Phi) is 5.53. The molecule has 4 N–H and O–H groups in total. The number of aliphatic carboxylic acids is 1. The van der Waals surface area contributed by atoms with Gasteiger partial charge in [-0.1, -0.05) is 19.3 Å². The van der Waals surface area contributed by atoms with E-state index < -0.39 is 11.9 Å². The molecule has 0 aromatic carbocycles. The first-order chi connectivity index (χ1) is 10.2. The summed E-state index contributed by atoms with van der Waals surface area (Å²) in [6.07, 6.45) is 6.19. The molecule has 8 nitrogen and oxygen atoms in total. The van der Waals surface area contributed by atoms with E-state index in [9.17, 15) is 14.7 Å². The maximum absolute atomic E-state index is 11.9. The zero-order valence-electron chi connectivity index (χ0n) is 11.8. The Morgan fingerprint density at radius 2 is 2.14 bits per heavy atom. The van der Waals surface area contributed by atoms with Crippen LogP contribution < -0.4 is 10.6 Å². The Bertz CT molecular complexity index is 462. The van der Waals surface area contributed by atoms with Gasteiger partial charge in [-0.3, -0.25) is 9.89 Å². The van der Waals surface area contributed by atoms with Gasteiger partial charge in [0, 0.05) is 19.0 Å². The fourth-order valence-electron chi connectivity index (χ4n) is 2.64. The molecule has 1 saturated carbocycles. The van der Waals surface area contributed by atoms with Crippen LogP contribution in [0.1, 0.15) is 37.9 Å². The van der Waals surface area contributed by atoms with Crippen molar-refractivity contribution in [3.8, 4) is 0 Å². The van der Waals surface area contributed by atoms with Crippen molar-refractivity contribution < 1.29 is 14.7 Å². The lowest BCUT2D eigenvalue weighted by atomic mass is 9.95. The third-order valence-corrected chi connectivity index (χ3v) is 3.76. The van der Waals surface area contributed by atoms with Gasteiger partial charge in [-0.2, -0.15) is 5.10 Å². The van der Waals surface area contributed by atoms with Gasteiger partial charge in [-0.25, -0.2) is 9.78 Å². The van der Waals surface area contributed by atoms with Crippen molar-refractivity contribution >= 4 is 12.0 Å². The number of carboxylic acid groups (broad SMARTS) is 1. The Hall–Kier alpha value is -2.12. The number of carbonyl (C=O) groups is 2. The van der Waals surface area contributed by atoms with Crippen molar-refractivity contribution in [2.45, 2.75) is 44.6 Å². The van der Waals surface area contributed by atoms with E-state index in [1.165, 1.54) is 6.33 Å². The number of nitrogens with one attached hydrogen (secondary N) is 3. The largest absolute Gasteiger partial charge is 0.481 e. The molecule has 21 heavy (non-hydrogen) atoms. The highest BCUT2D eigenvalue weighted by molar-refractivity contribution is 5.76. The van der Waals surface area contributed by atoms with Crippen molar-refractivity contribution in [2.75, 3.05) is 6.54 Å². The van der Waals surface area contributed by atoms with Crippen LogP contribution in [0.15, 0.2) is 6.33 Å². The minimum Gasteiger partial charge on any atom is -0.481 e. The Morgan fingerprint density at radius 1 is 1.33 bits per heavy atom. The summed E-state index contributed by atoms with van der Waals surface area (Å²) in [5.41, 5.74) is 0. The molecule has 1 heterocycles. The third-order valence-electron chi connectivity index (χ3n) is 3.76. The van der Waals surface area contributed by atoms with Crippen molar-refractivity contribution in [3.05, 3.63) is 12.2 Å². The van der Waals surface area contributed by atoms with Gasteiger partial charge < -0.3 is 15.7 Å². The summed E-state index contributed by atoms with van der Waals surface area (Å²) in [5, 5.41) is 21.2. The molecule has 0 aliphatic heterocycles. The van der Waals surface area contributed by atoms with Crippen LogP contribution in [0.4, 0.5) is 4.79 Å². The number of carbonyl (C=O) groups excluding carboxylic acids is 1. The SMILES string of the molecule is O=C(NCCc1ncn[nH]1)NC1CCCCCC1C(=O)O. The molecule has 1 aliphatic carbocycles. The molecular weight excluding hydrogens is 274 g/mol. The Balaban J connectivity index is 1.77. The van der Waals surface area contributed by atoms with Crippen molar-refractivity contribution in [1.29, 1.82) is 0 Å². The number of H-pyrrole nitrogens is 1. The highest BCUT2D eigenvalue weighted by Crippen LogP contribution is 2.23. The molecular formula is C13H21N5O3. The first-order valence-electron chi connectivity index (χ1n) is 7.28. The van der Waals surface area contributed by atoms with E-state index in [-0.39, 0.29) is 12.1 Å². The molecule has 8 heteroatoms. The zero-order valence-corrected chi connectivity index (χ0v) is 11.8. The normalized spacial score (nSPS) is 22.3. The van der Waals surface area contributed by atoms with Gasteiger partial charge in [0.05, 0.1) is 5.92 Å². The predicted octanol–water partition coefficient (Wildman–Crippen LogP) is 0.680. The molecule has 1 aliphatic rings. The fourth-order valence-corrected chi connectivity index (χ4v) is 2.64. The number of hydrogen-bond donors (Lipinski definition) is 4. The molecule has 2 amide bonds. The topological polar surface area (TPSA) is 120 Å². The van der Waals surface area contributed by atoms with Crippen LogP contribution in [-0.2, 0) is 11.2 Å². The van der Waals surface area contributed by atoms with Crippen LogP contribution in [0.2, 0.25) is 0 Å². The molecule has 2 rings (SSSR count). The van der Waals surface area contributed by atoms with Crippen molar-refractivity contribution in [1.82, 2.24) is 25.8 Å². The molecule has 0 saturated heterocycles. The van der Waals surface area contributed by atoms with Crippen LogP contribution in [0, 0.1) is 5.92 Å². The lowest BCUT2D eigenvalue weighted by Gasteiger charge is -2.22. The van der Waals surface area contributed by atoms with E-state index in [2.05, 4.69) is 25.8 Å². The lowest BCUT2D eigenvalue weighted by Crippen LogP contribution is -2.47. The first kappa shape index (κ1) is 15.3. The minimum absolute atomic E-state index is 0.296. The maximum Gasteiger partial charge on any atom is 0.315 e. The number of aromatic amines is 1. The maximum atomic E-state index is 11.9. The monoisotopic (exact) mass is 295 g/mol. The van der Waals surface area contributed by atoms with Crippen LogP contribution >= 0.6 is 0 Å². The molecule has 2 atom stereocenters. The van der Waals surface area contributed by atoms with E-state index in [4.69, 9.17) is 0 Å². The molecule has 116 valence electrons. The number of urea groups is 1. The van der Waals surface area contributed by atoms with E-state index in [0.29, 0.717) is 31.6 Å². The minimum atomic E-state index is -0.830. The molecule has 1 fully saturated rings. The summed E-state index contributed by atoms with van der Waals surface area (Å²) < 4.78 is 0. The summed E-state index contributed by atoms with van der Waals surface area (Å²) >= 11 is 0. The molecule has 2 unspecified atom stereocenters. The van der Waals surface area contributed by atoms with Gasteiger partial charge in [-0.05, 0) is 12.8 Å². The Labute approximate surface area is 122 Å². The van der Waals surface area contributed by atoms with E-state index in [1.54, 1.807) is 0 Å². The number of nitrogens with zero attached hydrogens (tertiary/aromatic N) is 2. The molecule has 1 aromatic heterocycles. The summed E-state index contributed by atoms with van der Waals surface area (Å²) in [6.45, 7) is 0.422. The number of aromatic nitrogens is 3.